The van der Waals surface area contributed by atoms with E-state index >= 15 is 0 Å². The molecule has 0 saturated heterocycles. The predicted octanol–water partition coefficient (Wildman–Crippen LogP) is 3.23. The van der Waals surface area contributed by atoms with Crippen LogP contribution in [0.4, 0.5) is 10.5 Å². The Morgan fingerprint density at radius 2 is 1.96 bits per heavy atom. The zero-order valence-corrected chi connectivity index (χ0v) is 15.3. The third-order valence-corrected chi connectivity index (χ3v) is 5.50. The molecule has 0 spiro atoms. The Bertz CT molecular complexity index is 617. The lowest BCUT2D eigenvalue weighted by atomic mass is 10.1. The molecule has 0 aromatic heterocycles. The number of nitrogens with zero attached hydrogens (tertiary/aromatic N) is 1. The van der Waals surface area contributed by atoms with Gasteiger partial charge in [0, 0.05) is 13.1 Å². The average Bonchev–Trinajstić information content (AvgIpc) is 2.54. The number of nitrogens with one attached hydrogen (secondary N) is 1. The Labute approximate surface area is 144 Å². The van der Waals surface area contributed by atoms with Crippen molar-refractivity contribution in [2.24, 2.45) is 0 Å². The maximum absolute atomic E-state index is 12.6. The maximum atomic E-state index is 12.6. The number of amides is 1. The molecule has 0 aliphatic rings. The summed E-state index contributed by atoms with van der Waals surface area (Å²) in [5.74, 6) is 0.163. The first-order valence-corrected chi connectivity index (χ1v) is 10.1. The first-order valence-electron chi connectivity index (χ1n) is 8.46. The number of anilines is 1. The molecule has 136 valence electrons. The fraction of sp³-hybridized carbons (Fsp3) is 0.588. The van der Waals surface area contributed by atoms with Gasteiger partial charge in [0.25, 0.3) is 0 Å². The van der Waals surface area contributed by atoms with Gasteiger partial charge in [-0.15, -0.1) is 0 Å². The summed E-state index contributed by atoms with van der Waals surface area (Å²) in [6.07, 6.45) is 2.59. The van der Waals surface area contributed by atoms with Gasteiger partial charge in [0.15, 0.2) is 0 Å². The van der Waals surface area contributed by atoms with Gasteiger partial charge in [0.2, 0.25) is 10.0 Å². The van der Waals surface area contributed by atoms with Crippen molar-refractivity contribution in [1.29, 1.82) is 0 Å². The fourth-order valence-corrected chi connectivity index (χ4v) is 4.19. The molecule has 0 aliphatic carbocycles. The Hall–Kier alpha value is -1.76. The van der Waals surface area contributed by atoms with Crippen LogP contribution in [-0.4, -0.2) is 38.5 Å². The number of hydrogen-bond acceptors (Lipinski definition) is 3. The first-order chi connectivity index (χ1) is 11.4. The van der Waals surface area contributed by atoms with Gasteiger partial charge >= 0.3 is 6.09 Å². The van der Waals surface area contributed by atoms with Gasteiger partial charge < -0.3 is 10.4 Å². The number of unbranched alkanes of at least 4 members (excludes halogenated alkanes) is 1. The van der Waals surface area contributed by atoms with E-state index in [0.717, 1.165) is 18.4 Å². The molecule has 1 aromatic carbocycles. The van der Waals surface area contributed by atoms with Crippen molar-refractivity contribution < 1.29 is 18.3 Å². The van der Waals surface area contributed by atoms with Gasteiger partial charge in [-0.05, 0) is 43.4 Å². The molecule has 0 bridgehead atoms. The largest absolute Gasteiger partial charge is 0.465 e. The van der Waals surface area contributed by atoms with Gasteiger partial charge in [-0.25, -0.2) is 13.2 Å². The molecule has 1 amide bonds. The third-order valence-electron chi connectivity index (χ3n) is 3.64. The van der Waals surface area contributed by atoms with E-state index in [1.165, 1.54) is 4.31 Å². The summed E-state index contributed by atoms with van der Waals surface area (Å²) in [7, 11) is -3.31. The summed E-state index contributed by atoms with van der Waals surface area (Å²) in [4.78, 5) is 10.4. The summed E-state index contributed by atoms with van der Waals surface area (Å²) in [6, 6.07) is 7.50. The lowest BCUT2D eigenvalue weighted by Crippen LogP contribution is -2.33. The molecule has 6 nitrogen and oxygen atoms in total. The monoisotopic (exact) mass is 356 g/mol. The fourth-order valence-electron chi connectivity index (χ4n) is 2.42. The second kappa shape index (κ2) is 10.2. The van der Waals surface area contributed by atoms with Crippen molar-refractivity contribution >= 4 is 21.8 Å². The topological polar surface area (TPSA) is 86.7 Å². The van der Waals surface area contributed by atoms with Crippen LogP contribution < -0.4 is 9.62 Å². The molecule has 0 unspecified atom stereocenters. The standard InChI is InChI=1S/C17H28N2O4S/c1-3-5-13-24(22,23)19(12-4-2)16-10-6-8-15(14-16)9-7-11-18-17(20)21/h6,8,10,14,18H,3-5,7,9,11-13H2,1-2H3,(H,20,21). The molecule has 1 rings (SSSR count). The zero-order valence-electron chi connectivity index (χ0n) is 14.5. The molecule has 2 N–H and O–H groups in total. The van der Waals surface area contributed by atoms with E-state index in [1.807, 2.05) is 38.1 Å². The second-order valence-electron chi connectivity index (χ2n) is 5.75. The molecule has 0 fully saturated rings. The van der Waals surface area contributed by atoms with Crippen molar-refractivity contribution in [3.8, 4) is 0 Å². The first kappa shape index (κ1) is 20.3. The number of carboxylic acid groups (broad SMARTS) is 1. The number of carbonyl (C=O) groups is 1. The van der Waals surface area contributed by atoms with Crippen LogP contribution in [0.1, 0.15) is 45.1 Å². The van der Waals surface area contributed by atoms with E-state index in [2.05, 4.69) is 5.32 Å². The quantitative estimate of drug-likeness (QED) is 0.596. The van der Waals surface area contributed by atoms with Crippen molar-refractivity contribution in [3.05, 3.63) is 29.8 Å². The Morgan fingerprint density at radius 1 is 1.21 bits per heavy atom. The van der Waals surface area contributed by atoms with E-state index in [9.17, 15) is 13.2 Å². The second-order valence-corrected chi connectivity index (χ2v) is 7.76. The van der Waals surface area contributed by atoms with Crippen LogP contribution in [0.3, 0.4) is 0 Å². The van der Waals surface area contributed by atoms with Crippen LogP contribution >= 0.6 is 0 Å². The third kappa shape index (κ3) is 6.78. The number of benzene rings is 1. The van der Waals surface area contributed by atoms with Crippen molar-refractivity contribution in [2.45, 2.75) is 46.0 Å². The van der Waals surface area contributed by atoms with Crippen LogP contribution in [-0.2, 0) is 16.4 Å². The molecule has 0 saturated carbocycles. The maximum Gasteiger partial charge on any atom is 0.404 e. The smallest absolute Gasteiger partial charge is 0.404 e. The lowest BCUT2D eigenvalue weighted by molar-refractivity contribution is 0.194. The molecular weight excluding hydrogens is 328 g/mol. The van der Waals surface area contributed by atoms with Gasteiger partial charge in [-0.1, -0.05) is 32.4 Å². The summed E-state index contributed by atoms with van der Waals surface area (Å²) in [6.45, 7) is 4.79. The van der Waals surface area contributed by atoms with Crippen LogP contribution in [0, 0.1) is 0 Å². The number of sulfonamides is 1. The summed E-state index contributed by atoms with van der Waals surface area (Å²) in [5, 5.41) is 10.9. The average molecular weight is 356 g/mol. The molecule has 0 heterocycles. The van der Waals surface area contributed by atoms with E-state index in [1.54, 1.807) is 0 Å². The molecule has 0 aliphatic heterocycles. The summed E-state index contributed by atoms with van der Waals surface area (Å²) >= 11 is 0. The molecule has 0 radical (unpaired) electrons. The van der Waals surface area contributed by atoms with E-state index in [4.69, 9.17) is 5.11 Å². The Balaban J connectivity index is 2.84. The normalized spacial score (nSPS) is 11.2. The van der Waals surface area contributed by atoms with Gasteiger partial charge in [0.05, 0.1) is 11.4 Å². The molecule has 24 heavy (non-hydrogen) atoms. The van der Waals surface area contributed by atoms with Crippen molar-refractivity contribution in [1.82, 2.24) is 5.32 Å². The van der Waals surface area contributed by atoms with Gasteiger partial charge in [0.1, 0.15) is 0 Å². The van der Waals surface area contributed by atoms with Crippen LogP contribution in [0.25, 0.3) is 0 Å². The predicted molar refractivity (Wildman–Crippen MR) is 97.1 cm³/mol. The van der Waals surface area contributed by atoms with Gasteiger partial charge in [-0.2, -0.15) is 0 Å². The number of aryl methyl sites for hydroxylation is 1. The highest BCUT2D eigenvalue weighted by Gasteiger charge is 2.21. The van der Waals surface area contributed by atoms with E-state index in [0.29, 0.717) is 38.0 Å². The minimum atomic E-state index is -3.31. The van der Waals surface area contributed by atoms with Crippen LogP contribution in [0.2, 0.25) is 0 Å². The molecule has 1 aromatic rings. The van der Waals surface area contributed by atoms with Crippen molar-refractivity contribution in [3.63, 3.8) is 0 Å². The summed E-state index contributed by atoms with van der Waals surface area (Å²) < 4.78 is 26.7. The summed E-state index contributed by atoms with van der Waals surface area (Å²) in [5.41, 5.74) is 1.70. The minimum absolute atomic E-state index is 0.163. The zero-order chi connectivity index (χ0) is 18.0. The van der Waals surface area contributed by atoms with Gasteiger partial charge in [-0.3, -0.25) is 4.31 Å². The van der Waals surface area contributed by atoms with Crippen LogP contribution in [0.5, 0.6) is 0 Å². The van der Waals surface area contributed by atoms with Crippen molar-refractivity contribution in [2.75, 3.05) is 23.1 Å². The highest BCUT2D eigenvalue weighted by Crippen LogP contribution is 2.22. The number of rotatable bonds is 11. The van der Waals surface area contributed by atoms with E-state index < -0.39 is 16.1 Å². The van der Waals surface area contributed by atoms with E-state index in [-0.39, 0.29) is 5.75 Å². The molecule has 7 heteroatoms. The molecule has 0 atom stereocenters. The Kier molecular flexibility index (Phi) is 8.60. The molecular formula is C17H28N2O4S. The highest BCUT2D eigenvalue weighted by molar-refractivity contribution is 7.92. The SMILES string of the molecule is CCCCS(=O)(=O)N(CCC)c1cccc(CCCNC(=O)O)c1. The minimum Gasteiger partial charge on any atom is -0.465 e. The van der Waals surface area contributed by atoms with Crippen LogP contribution in [0.15, 0.2) is 24.3 Å². The Morgan fingerprint density at radius 3 is 2.58 bits per heavy atom. The lowest BCUT2D eigenvalue weighted by Gasteiger charge is -2.24. The highest BCUT2D eigenvalue weighted by atomic mass is 32.2. The number of hydrogen-bond donors (Lipinski definition) is 2.